The first-order valence-corrected chi connectivity index (χ1v) is 11.2. The molecule has 34 heavy (non-hydrogen) atoms. The molecular weight excluding hydrogens is 512 g/mol. The van der Waals surface area contributed by atoms with Crippen LogP contribution in [0, 0.1) is 18.6 Å². The summed E-state index contributed by atoms with van der Waals surface area (Å²) in [5, 5.41) is 11.6. The summed E-state index contributed by atoms with van der Waals surface area (Å²) in [6.45, 7) is 1.38. The van der Waals surface area contributed by atoms with Gasteiger partial charge in [0.05, 0.1) is 6.61 Å². The van der Waals surface area contributed by atoms with Gasteiger partial charge in [0.1, 0.15) is 34.5 Å². The highest BCUT2D eigenvalue weighted by molar-refractivity contribution is 9.10. The Labute approximate surface area is 203 Å². The van der Waals surface area contributed by atoms with Crippen molar-refractivity contribution in [2.45, 2.75) is 32.5 Å². The van der Waals surface area contributed by atoms with Crippen LogP contribution in [0.5, 0.6) is 5.75 Å². The SMILES string of the molecule is Cc1[nH]c(=O)c(Br)c(OCc2ccc(F)cc2F)c1Cc1ccc(CNC(=O)[C@@H](N)CO)cc1. The molecule has 7 nitrogen and oxygen atoms in total. The number of hydrogen-bond donors (Lipinski definition) is 4. The van der Waals surface area contributed by atoms with Crippen molar-refractivity contribution in [1.82, 2.24) is 10.3 Å². The number of aromatic nitrogens is 1. The second-order valence-corrected chi connectivity index (χ2v) is 8.52. The van der Waals surface area contributed by atoms with E-state index in [9.17, 15) is 18.4 Å². The average Bonchev–Trinajstić information content (AvgIpc) is 2.82. The standard InChI is InChI=1S/C24H24BrF2N3O4/c1-13-18(8-14-2-4-15(5-3-14)10-29-23(32)20(28)11-31)22(21(25)24(33)30-13)34-12-16-6-7-17(26)9-19(16)27/h2-7,9,20,31H,8,10-12,28H2,1H3,(H,29,32)(H,30,33)/t20-/m0/s1. The number of benzene rings is 2. The molecule has 0 radical (unpaired) electrons. The fourth-order valence-electron chi connectivity index (χ4n) is 3.24. The molecule has 0 unspecified atom stereocenters. The van der Waals surface area contributed by atoms with E-state index in [2.05, 4.69) is 26.2 Å². The van der Waals surface area contributed by atoms with Crippen molar-refractivity contribution in [3.05, 3.63) is 96.9 Å². The van der Waals surface area contributed by atoms with Gasteiger partial charge in [-0.2, -0.15) is 0 Å². The van der Waals surface area contributed by atoms with Gasteiger partial charge < -0.3 is 25.9 Å². The Balaban J connectivity index is 1.78. The Morgan fingerprint density at radius 3 is 2.53 bits per heavy atom. The minimum atomic E-state index is -0.970. The maximum absolute atomic E-state index is 14.0. The number of H-pyrrole nitrogens is 1. The topological polar surface area (TPSA) is 117 Å². The highest BCUT2D eigenvalue weighted by Crippen LogP contribution is 2.31. The first-order chi connectivity index (χ1) is 16.2. The number of nitrogens with two attached hydrogens (primary N) is 1. The number of rotatable bonds is 9. The van der Waals surface area contributed by atoms with Crippen LogP contribution in [0.2, 0.25) is 0 Å². The second-order valence-electron chi connectivity index (χ2n) is 7.73. The molecule has 0 aliphatic rings. The number of carbonyl (C=O) groups is 1. The summed E-state index contributed by atoms with van der Waals surface area (Å²) >= 11 is 3.25. The van der Waals surface area contributed by atoms with Gasteiger partial charge in [-0.3, -0.25) is 9.59 Å². The van der Waals surface area contributed by atoms with E-state index in [-0.39, 0.29) is 34.5 Å². The smallest absolute Gasteiger partial charge is 0.266 e. The summed E-state index contributed by atoms with van der Waals surface area (Å²) in [7, 11) is 0. The predicted octanol–water partition coefficient (Wildman–Crippen LogP) is 2.83. The summed E-state index contributed by atoms with van der Waals surface area (Å²) < 4.78 is 33.2. The van der Waals surface area contributed by atoms with E-state index in [1.807, 2.05) is 24.3 Å². The molecule has 5 N–H and O–H groups in total. The van der Waals surface area contributed by atoms with E-state index in [1.165, 1.54) is 6.07 Å². The minimum Gasteiger partial charge on any atom is -0.487 e. The fourth-order valence-corrected chi connectivity index (χ4v) is 3.69. The van der Waals surface area contributed by atoms with Crippen molar-refractivity contribution >= 4 is 21.8 Å². The third-order valence-electron chi connectivity index (χ3n) is 5.22. The number of aliphatic hydroxyl groups is 1. The maximum atomic E-state index is 14.0. The number of aromatic amines is 1. The van der Waals surface area contributed by atoms with Crippen LogP contribution in [0.4, 0.5) is 8.78 Å². The molecule has 0 bridgehead atoms. The van der Waals surface area contributed by atoms with Gasteiger partial charge in [-0.05, 0) is 46.1 Å². The monoisotopic (exact) mass is 535 g/mol. The van der Waals surface area contributed by atoms with Gasteiger partial charge in [0.15, 0.2) is 0 Å². The van der Waals surface area contributed by atoms with Crippen molar-refractivity contribution in [3.63, 3.8) is 0 Å². The second kappa shape index (κ2) is 11.4. The molecule has 3 rings (SSSR count). The summed E-state index contributed by atoms with van der Waals surface area (Å²) in [5.74, 6) is -1.59. The Hall–Kier alpha value is -3.08. The quantitative estimate of drug-likeness (QED) is 0.336. The average molecular weight is 536 g/mol. The number of carbonyl (C=O) groups excluding carboxylic acids is 1. The normalized spacial score (nSPS) is 11.8. The van der Waals surface area contributed by atoms with E-state index in [1.54, 1.807) is 6.92 Å². The highest BCUT2D eigenvalue weighted by atomic mass is 79.9. The van der Waals surface area contributed by atoms with Gasteiger partial charge in [0.25, 0.3) is 5.56 Å². The van der Waals surface area contributed by atoms with Crippen LogP contribution >= 0.6 is 15.9 Å². The predicted molar refractivity (Wildman–Crippen MR) is 126 cm³/mol. The fraction of sp³-hybridized carbons (Fsp3) is 0.250. The molecule has 2 aromatic carbocycles. The molecule has 180 valence electrons. The number of amides is 1. The molecule has 1 heterocycles. The Bertz CT molecular complexity index is 1230. The summed E-state index contributed by atoms with van der Waals surface area (Å²) in [6.07, 6.45) is 0.407. The molecule has 0 aliphatic carbocycles. The maximum Gasteiger partial charge on any atom is 0.266 e. The minimum absolute atomic E-state index is 0.157. The van der Waals surface area contributed by atoms with Crippen molar-refractivity contribution in [2.75, 3.05) is 6.61 Å². The Morgan fingerprint density at radius 2 is 1.88 bits per heavy atom. The van der Waals surface area contributed by atoms with Gasteiger partial charge in [0, 0.05) is 35.9 Å². The van der Waals surface area contributed by atoms with Crippen molar-refractivity contribution in [2.24, 2.45) is 5.73 Å². The van der Waals surface area contributed by atoms with Crippen LogP contribution in [-0.4, -0.2) is 28.6 Å². The molecule has 0 aliphatic heterocycles. The van der Waals surface area contributed by atoms with Crippen molar-refractivity contribution in [1.29, 1.82) is 0 Å². The molecule has 0 saturated heterocycles. The molecule has 0 spiro atoms. The number of hydrogen-bond acceptors (Lipinski definition) is 5. The third-order valence-corrected chi connectivity index (χ3v) is 5.94. The molecule has 1 amide bonds. The van der Waals surface area contributed by atoms with Gasteiger partial charge in [0.2, 0.25) is 5.91 Å². The number of pyridine rings is 1. The number of aryl methyl sites for hydroxylation is 1. The zero-order valence-corrected chi connectivity index (χ0v) is 19.9. The van der Waals surface area contributed by atoms with Crippen LogP contribution < -0.4 is 21.3 Å². The Morgan fingerprint density at radius 1 is 1.21 bits per heavy atom. The lowest BCUT2D eigenvalue weighted by atomic mass is 10.0. The Kier molecular flexibility index (Phi) is 8.54. The van der Waals surface area contributed by atoms with E-state index in [0.717, 1.165) is 23.3 Å². The van der Waals surface area contributed by atoms with Gasteiger partial charge in [-0.1, -0.05) is 24.3 Å². The zero-order chi connectivity index (χ0) is 24.8. The van der Waals surface area contributed by atoms with Crippen LogP contribution in [0.15, 0.2) is 51.7 Å². The van der Waals surface area contributed by atoms with Crippen LogP contribution in [0.3, 0.4) is 0 Å². The molecule has 3 aromatic rings. The first-order valence-electron chi connectivity index (χ1n) is 10.4. The lowest BCUT2D eigenvalue weighted by Crippen LogP contribution is -2.42. The number of nitrogens with one attached hydrogen (secondary N) is 2. The summed E-state index contributed by atoms with van der Waals surface area (Å²) in [4.78, 5) is 26.7. The molecule has 0 saturated carbocycles. The molecule has 0 fully saturated rings. The van der Waals surface area contributed by atoms with E-state index in [4.69, 9.17) is 15.6 Å². The molecular formula is C24H24BrF2N3O4. The first kappa shape index (κ1) is 25.5. The number of ether oxygens (including phenoxy) is 1. The van der Waals surface area contributed by atoms with E-state index < -0.39 is 30.2 Å². The lowest BCUT2D eigenvalue weighted by molar-refractivity contribution is -0.123. The van der Waals surface area contributed by atoms with Crippen LogP contribution in [0.25, 0.3) is 0 Å². The number of aliphatic hydroxyl groups excluding tert-OH is 1. The van der Waals surface area contributed by atoms with E-state index >= 15 is 0 Å². The van der Waals surface area contributed by atoms with E-state index in [0.29, 0.717) is 17.7 Å². The molecule has 1 atom stereocenters. The molecule has 10 heteroatoms. The van der Waals surface area contributed by atoms with Gasteiger partial charge in [-0.25, -0.2) is 8.78 Å². The van der Waals surface area contributed by atoms with Gasteiger partial charge in [-0.15, -0.1) is 0 Å². The van der Waals surface area contributed by atoms with Crippen molar-refractivity contribution < 1.29 is 23.4 Å². The highest BCUT2D eigenvalue weighted by Gasteiger charge is 2.17. The summed E-state index contributed by atoms with van der Waals surface area (Å²) in [6, 6.07) is 9.66. The third kappa shape index (κ3) is 6.28. The zero-order valence-electron chi connectivity index (χ0n) is 18.3. The lowest BCUT2D eigenvalue weighted by Gasteiger charge is -2.16. The van der Waals surface area contributed by atoms with Gasteiger partial charge >= 0.3 is 0 Å². The molecule has 1 aromatic heterocycles. The summed E-state index contributed by atoms with van der Waals surface area (Å²) in [5.41, 5.74) is 8.28. The number of halogens is 3. The van der Waals surface area contributed by atoms with Crippen molar-refractivity contribution in [3.8, 4) is 5.75 Å². The largest absolute Gasteiger partial charge is 0.487 e. The van der Waals surface area contributed by atoms with Crippen LogP contribution in [-0.2, 0) is 24.4 Å². The van der Waals surface area contributed by atoms with Crippen LogP contribution in [0.1, 0.15) is 27.9 Å².